The number of nitrogens with zero attached hydrogens (tertiary/aromatic N) is 5. The average molecular weight is 1520 g/mol. The van der Waals surface area contributed by atoms with Gasteiger partial charge in [-0.2, -0.15) is 0 Å². The van der Waals surface area contributed by atoms with E-state index in [1.165, 1.54) is 31.1 Å². The van der Waals surface area contributed by atoms with Crippen LogP contribution in [0.2, 0.25) is 0 Å². The number of carbonyl (C=O) groups excluding carboxylic acids is 11. The van der Waals surface area contributed by atoms with Gasteiger partial charge in [-0.3, -0.25) is 52.7 Å². The summed E-state index contributed by atoms with van der Waals surface area (Å²) in [5.41, 5.74) is 0.714. The van der Waals surface area contributed by atoms with Gasteiger partial charge >= 0.3 is 5.97 Å². The molecule has 32 heteroatoms. The number of methoxy groups -OCH3 is 2. The van der Waals surface area contributed by atoms with E-state index < -0.39 is 182 Å². The highest BCUT2D eigenvalue weighted by Crippen LogP contribution is 2.30. The van der Waals surface area contributed by atoms with Crippen molar-refractivity contribution >= 4 is 103 Å². The van der Waals surface area contributed by atoms with Crippen molar-refractivity contribution in [2.24, 2.45) is 23.7 Å². The number of likely N-dealkylation sites (tertiary alicyclic amines) is 1. The van der Waals surface area contributed by atoms with Crippen LogP contribution >= 0.6 is 31.9 Å². The molecule has 0 unspecified atom stereocenters. The van der Waals surface area contributed by atoms with E-state index in [2.05, 4.69) is 84.4 Å². The lowest BCUT2D eigenvalue weighted by Crippen LogP contribution is -2.60. The molecule has 30 nitrogen and oxygen atoms in total. The molecule has 11 atom stereocenters. The molecule has 0 saturated carbocycles. The van der Waals surface area contributed by atoms with Crippen LogP contribution < -0.4 is 42.5 Å². The van der Waals surface area contributed by atoms with Gasteiger partial charge in [-0.25, -0.2) is 14.8 Å². The van der Waals surface area contributed by atoms with Crippen LogP contribution in [0, 0.1) is 23.7 Å². The summed E-state index contributed by atoms with van der Waals surface area (Å²) in [6.07, 6.45) is -0.728. The van der Waals surface area contributed by atoms with Gasteiger partial charge in [0.2, 0.25) is 59.1 Å². The SMILES string of the molecule is CC[C@H](C)[C@@H]([C@@H](CC(=O)N1CCC[C@H]1[C@H](OC)[C@@H](C)C(=O)N[C@H](C)[C@@H](O)c1ccccc1)OC)N(C)C(=O)[C@@H](NC(=O)[C@H](C(C)C)N(C)C(=O)COCNC(=O)CNC(=O)[C@H](Cc1ccccc1)NC(=O)CNC(=O)CNC(=O)CNC(=O)c1nc(CBr)c(CBr)nc1C(=O)O)C(C)C. The predicted molar refractivity (Wildman–Crippen MR) is 370 cm³/mol. The zero-order valence-electron chi connectivity index (χ0n) is 58.2. The molecule has 2 heterocycles. The fourth-order valence-electron chi connectivity index (χ4n) is 11.5. The number of carbonyl (C=O) groups is 12. The largest absolute Gasteiger partial charge is 0.476 e. The molecule has 1 saturated heterocycles. The van der Waals surface area contributed by atoms with Crippen LogP contribution in [-0.2, 0) is 79.2 Å². The van der Waals surface area contributed by atoms with Crippen LogP contribution in [0.25, 0.3) is 0 Å². The summed E-state index contributed by atoms with van der Waals surface area (Å²) < 4.78 is 17.5. The zero-order valence-corrected chi connectivity index (χ0v) is 61.4. The van der Waals surface area contributed by atoms with Gasteiger partial charge in [0.15, 0.2) is 11.4 Å². The standard InChI is InChI=1S/C67H97Br2N13O17/c1-13-39(6)59(48(97-11)28-53(87)82-26-20-25-47(82)61(98-12)40(7)62(90)75-41(8)60(89)43-23-18-15-19-24-43)81(10)66(94)55(37(2)3)79-65(93)58(38(4)5)80(9)54(88)35-99-36-74-51(85)33-72-63(91)44(27-42-21-16-14-17-22-42)76-52(86)34-71-49(83)31-70-50(84)32-73-64(92)56-57(67(95)96)78-46(30-69)45(29-68)77-56/h14-19,21-24,37-41,44,47-48,55,58-61,89H,13,20,25-36H2,1-12H3,(H,70,84)(H,71,83)(H,72,91)(H,73,92)(H,74,85)(H,75,90)(H,76,86)(H,79,93)(H,95,96)/t39-,40+,41+,44-,47-,48+,55-,58-,59-,60+,61+/m0/s1. The number of hydrogen-bond acceptors (Lipinski definition) is 18. The number of aromatic carboxylic acids is 1. The number of hydrogen-bond donors (Lipinski definition) is 10. The minimum absolute atomic E-state index is 0.0306. The molecule has 3 aromatic rings. The van der Waals surface area contributed by atoms with Crippen LogP contribution in [0.3, 0.4) is 0 Å². The quantitative estimate of drug-likeness (QED) is 0.0220. The summed E-state index contributed by atoms with van der Waals surface area (Å²) in [4.78, 5) is 173. The van der Waals surface area contributed by atoms with Crippen LogP contribution in [0.1, 0.15) is 131 Å². The van der Waals surface area contributed by atoms with Gasteiger partial charge in [0.1, 0.15) is 31.5 Å². The summed E-state index contributed by atoms with van der Waals surface area (Å²) >= 11 is 6.40. The van der Waals surface area contributed by atoms with E-state index in [0.717, 1.165) is 0 Å². The van der Waals surface area contributed by atoms with Crippen molar-refractivity contribution in [3.05, 3.63) is 94.6 Å². The smallest absolute Gasteiger partial charge is 0.356 e. The minimum Gasteiger partial charge on any atom is -0.476 e. The van der Waals surface area contributed by atoms with Crippen molar-refractivity contribution in [2.75, 3.05) is 74.4 Å². The van der Waals surface area contributed by atoms with Crippen molar-refractivity contribution in [1.29, 1.82) is 0 Å². The van der Waals surface area contributed by atoms with Gasteiger partial charge in [0.05, 0.1) is 86.3 Å². The molecule has 11 amide bonds. The molecule has 1 aliphatic rings. The number of likely N-dealkylation sites (N-methyl/N-ethyl adjacent to an activating group) is 2. The summed E-state index contributed by atoms with van der Waals surface area (Å²) in [6, 6.07) is 12.4. The highest BCUT2D eigenvalue weighted by molar-refractivity contribution is 9.09. The Morgan fingerprint density at radius 3 is 1.79 bits per heavy atom. The molecule has 99 heavy (non-hydrogen) atoms. The number of aromatic nitrogens is 2. The lowest BCUT2D eigenvalue weighted by Gasteiger charge is -2.41. The lowest BCUT2D eigenvalue weighted by molar-refractivity contribution is -0.149. The summed E-state index contributed by atoms with van der Waals surface area (Å²) in [5.74, 6) is -10.6. The van der Waals surface area contributed by atoms with Gasteiger partial charge in [0, 0.05) is 51.9 Å². The third-order valence-electron chi connectivity index (χ3n) is 17.2. The number of ether oxygens (including phenoxy) is 3. The summed E-state index contributed by atoms with van der Waals surface area (Å²) in [5, 5.41) is 40.9. The Morgan fingerprint density at radius 1 is 0.667 bits per heavy atom. The molecule has 546 valence electrons. The maximum Gasteiger partial charge on any atom is 0.356 e. The number of carboxylic acid groups (broad SMARTS) is 1. The molecule has 0 radical (unpaired) electrons. The Morgan fingerprint density at radius 2 is 1.23 bits per heavy atom. The van der Waals surface area contributed by atoms with E-state index in [1.807, 2.05) is 19.9 Å². The number of nitrogens with one attached hydrogen (secondary N) is 8. The number of rotatable bonds is 40. The van der Waals surface area contributed by atoms with E-state index in [4.69, 9.17) is 14.2 Å². The monoisotopic (exact) mass is 1510 g/mol. The first kappa shape index (κ1) is 83.4. The van der Waals surface area contributed by atoms with E-state index in [1.54, 1.807) is 108 Å². The Labute approximate surface area is 594 Å². The topological polar surface area (TPSA) is 405 Å². The number of alkyl halides is 2. The molecular formula is C67H97Br2N13O17. The molecular weight excluding hydrogens is 1420 g/mol. The number of halogens is 2. The van der Waals surface area contributed by atoms with Crippen molar-refractivity contribution in [3.8, 4) is 0 Å². The van der Waals surface area contributed by atoms with Gasteiger partial charge in [-0.05, 0) is 48.6 Å². The number of aliphatic hydroxyl groups excluding tert-OH is 1. The van der Waals surface area contributed by atoms with Gasteiger partial charge in [-0.15, -0.1) is 0 Å². The predicted octanol–water partition coefficient (Wildman–Crippen LogP) is 1.64. The number of carboxylic acids is 1. The maximum absolute atomic E-state index is 14.8. The molecule has 0 bridgehead atoms. The number of benzene rings is 2. The normalized spacial score (nSPS) is 15.8. The zero-order chi connectivity index (χ0) is 73.8. The molecule has 0 spiro atoms. The summed E-state index contributed by atoms with van der Waals surface area (Å²) in [7, 11) is 6.00. The summed E-state index contributed by atoms with van der Waals surface area (Å²) in [6.45, 7) is 11.2. The van der Waals surface area contributed by atoms with E-state index in [-0.39, 0.29) is 46.9 Å². The van der Waals surface area contributed by atoms with E-state index in [9.17, 15) is 67.7 Å². The first-order valence-electron chi connectivity index (χ1n) is 32.7. The third-order valence-corrected chi connectivity index (χ3v) is 18.2. The molecule has 4 rings (SSSR count). The first-order valence-corrected chi connectivity index (χ1v) is 34.9. The van der Waals surface area contributed by atoms with Crippen molar-refractivity contribution in [1.82, 2.24) is 67.2 Å². The maximum atomic E-state index is 14.8. The molecule has 1 aliphatic heterocycles. The van der Waals surface area contributed by atoms with Crippen LogP contribution in [0.4, 0.5) is 0 Å². The Bertz CT molecular complexity index is 3250. The van der Waals surface area contributed by atoms with E-state index in [0.29, 0.717) is 42.6 Å². The minimum atomic E-state index is -1.52. The van der Waals surface area contributed by atoms with Crippen molar-refractivity contribution in [2.45, 2.75) is 153 Å². The van der Waals surface area contributed by atoms with Gasteiger partial charge < -0.3 is 81.7 Å². The van der Waals surface area contributed by atoms with Crippen molar-refractivity contribution in [3.63, 3.8) is 0 Å². The Kier molecular flexibility index (Phi) is 35.0. The Hall–Kier alpha value is -8.04. The molecule has 1 aromatic heterocycles. The number of aliphatic hydroxyl groups is 1. The number of amides is 11. The van der Waals surface area contributed by atoms with Crippen LogP contribution in [0.5, 0.6) is 0 Å². The van der Waals surface area contributed by atoms with E-state index >= 15 is 0 Å². The fraction of sp³-hybridized carbons (Fsp3) is 0.582. The highest BCUT2D eigenvalue weighted by Gasteiger charge is 2.44. The average Bonchev–Trinajstić information content (AvgIpc) is 1.72. The highest BCUT2D eigenvalue weighted by atomic mass is 79.9. The molecule has 1 fully saturated rings. The molecule has 0 aliphatic carbocycles. The van der Waals surface area contributed by atoms with Crippen molar-refractivity contribution < 1.29 is 82.0 Å². The molecule has 2 aromatic carbocycles. The van der Waals surface area contributed by atoms with Gasteiger partial charge in [-0.1, -0.05) is 147 Å². The Balaban J connectivity index is 1.29. The third kappa shape index (κ3) is 25.0. The lowest BCUT2D eigenvalue weighted by atomic mass is 9.89. The second-order valence-electron chi connectivity index (χ2n) is 24.9. The van der Waals surface area contributed by atoms with Gasteiger partial charge in [0.25, 0.3) is 5.91 Å². The molecule has 10 N–H and O–H groups in total. The second kappa shape index (κ2) is 41.5. The van der Waals surface area contributed by atoms with Crippen LogP contribution in [0.15, 0.2) is 60.7 Å². The second-order valence-corrected chi connectivity index (χ2v) is 26.0. The van der Waals surface area contributed by atoms with Crippen LogP contribution in [-0.4, -0.2) is 229 Å². The fourth-order valence-corrected chi connectivity index (χ4v) is 12.4. The first-order chi connectivity index (χ1) is 46.9.